The van der Waals surface area contributed by atoms with Crippen molar-refractivity contribution in [3.8, 4) is 23.0 Å². The van der Waals surface area contributed by atoms with Gasteiger partial charge in [0.1, 0.15) is 5.82 Å². The summed E-state index contributed by atoms with van der Waals surface area (Å²) in [5.41, 5.74) is 1.62. The van der Waals surface area contributed by atoms with Gasteiger partial charge in [0.25, 0.3) is 5.22 Å². The minimum absolute atomic E-state index is 0.220. The van der Waals surface area contributed by atoms with Gasteiger partial charge in [-0.1, -0.05) is 23.9 Å². The van der Waals surface area contributed by atoms with Crippen molar-refractivity contribution in [2.24, 2.45) is 0 Å². The van der Waals surface area contributed by atoms with E-state index in [9.17, 15) is 4.39 Å². The van der Waals surface area contributed by atoms with E-state index in [1.807, 2.05) is 12.1 Å². The molecule has 1 aliphatic heterocycles. The molecule has 4 rings (SSSR count). The van der Waals surface area contributed by atoms with Crippen molar-refractivity contribution >= 4 is 11.8 Å². The van der Waals surface area contributed by atoms with Crippen LogP contribution < -0.4 is 9.47 Å². The summed E-state index contributed by atoms with van der Waals surface area (Å²) in [5, 5.41) is 8.47. The van der Waals surface area contributed by atoms with Gasteiger partial charge in [-0.3, -0.25) is 0 Å². The number of fused-ring (bicyclic) bond motifs is 1. The zero-order valence-corrected chi connectivity index (χ0v) is 12.7. The minimum Gasteiger partial charge on any atom is -0.454 e. The van der Waals surface area contributed by atoms with E-state index in [-0.39, 0.29) is 12.6 Å². The lowest BCUT2D eigenvalue weighted by atomic mass is 10.2. The van der Waals surface area contributed by atoms with Crippen molar-refractivity contribution in [1.82, 2.24) is 10.2 Å². The monoisotopic (exact) mass is 330 g/mol. The molecule has 1 aliphatic rings. The summed E-state index contributed by atoms with van der Waals surface area (Å²) in [6.45, 7) is 0.220. The molecule has 2 heterocycles. The van der Waals surface area contributed by atoms with Crippen LogP contribution in [0.3, 0.4) is 0 Å². The second-order valence-electron chi connectivity index (χ2n) is 4.86. The van der Waals surface area contributed by atoms with Gasteiger partial charge in [0.15, 0.2) is 11.5 Å². The van der Waals surface area contributed by atoms with Gasteiger partial charge in [0, 0.05) is 11.3 Å². The first-order valence-corrected chi connectivity index (χ1v) is 7.87. The van der Waals surface area contributed by atoms with E-state index in [0.29, 0.717) is 28.4 Å². The summed E-state index contributed by atoms with van der Waals surface area (Å²) in [5.74, 6) is 2.07. The van der Waals surface area contributed by atoms with E-state index in [2.05, 4.69) is 10.2 Å². The number of thioether (sulfide) groups is 1. The number of benzene rings is 2. The highest BCUT2D eigenvalue weighted by molar-refractivity contribution is 7.98. The van der Waals surface area contributed by atoms with Crippen LogP contribution in [0.2, 0.25) is 0 Å². The van der Waals surface area contributed by atoms with Crippen molar-refractivity contribution in [1.29, 1.82) is 0 Å². The summed E-state index contributed by atoms with van der Waals surface area (Å²) in [7, 11) is 0. The van der Waals surface area contributed by atoms with Gasteiger partial charge in [0.2, 0.25) is 12.7 Å². The molecule has 0 aliphatic carbocycles. The Kier molecular flexibility index (Phi) is 3.63. The molecule has 0 unspecified atom stereocenters. The van der Waals surface area contributed by atoms with E-state index < -0.39 is 0 Å². The molecule has 0 bridgehead atoms. The number of rotatable bonds is 4. The van der Waals surface area contributed by atoms with Crippen LogP contribution >= 0.6 is 11.8 Å². The average Bonchev–Trinajstić information content (AvgIpc) is 3.21. The van der Waals surface area contributed by atoms with E-state index in [1.54, 1.807) is 18.2 Å². The summed E-state index contributed by atoms with van der Waals surface area (Å²) in [4.78, 5) is 0. The molecule has 0 saturated carbocycles. The fourth-order valence-corrected chi connectivity index (χ4v) is 2.89. The molecule has 0 N–H and O–H groups in total. The third kappa shape index (κ3) is 3.00. The Bertz CT molecular complexity index is 853. The van der Waals surface area contributed by atoms with Gasteiger partial charge in [-0.25, -0.2) is 4.39 Å². The number of aromatic nitrogens is 2. The van der Waals surface area contributed by atoms with Crippen LogP contribution in [0, 0.1) is 5.82 Å². The molecule has 0 fully saturated rings. The lowest BCUT2D eigenvalue weighted by Gasteiger charge is -1.99. The molecule has 116 valence electrons. The first kappa shape index (κ1) is 14.1. The number of ether oxygens (including phenoxy) is 2. The van der Waals surface area contributed by atoms with E-state index in [1.165, 1.54) is 23.9 Å². The van der Waals surface area contributed by atoms with Gasteiger partial charge in [-0.15, -0.1) is 10.2 Å². The second-order valence-corrected chi connectivity index (χ2v) is 5.79. The number of nitrogens with zero attached hydrogens (tertiary/aromatic N) is 2. The maximum Gasteiger partial charge on any atom is 0.277 e. The quantitative estimate of drug-likeness (QED) is 0.676. The van der Waals surface area contributed by atoms with Crippen molar-refractivity contribution in [3.63, 3.8) is 0 Å². The zero-order valence-electron chi connectivity index (χ0n) is 11.9. The van der Waals surface area contributed by atoms with Gasteiger partial charge >= 0.3 is 0 Å². The largest absolute Gasteiger partial charge is 0.454 e. The first-order chi connectivity index (χ1) is 11.3. The maximum atomic E-state index is 13.1. The van der Waals surface area contributed by atoms with Gasteiger partial charge in [0.05, 0.1) is 0 Å². The van der Waals surface area contributed by atoms with Crippen LogP contribution in [-0.2, 0) is 5.75 Å². The molecular weight excluding hydrogens is 319 g/mol. The van der Waals surface area contributed by atoms with Crippen molar-refractivity contribution in [3.05, 3.63) is 53.8 Å². The Hall–Kier alpha value is -2.54. The highest BCUT2D eigenvalue weighted by Crippen LogP contribution is 2.36. The summed E-state index contributed by atoms with van der Waals surface area (Å²) < 4.78 is 29.4. The Morgan fingerprint density at radius 3 is 2.87 bits per heavy atom. The lowest BCUT2D eigenvalue weighted by Crippen LogP contribution is -1.92. The molecule has 0 spiro atoms. The molecule has 0 amide bonds. The van der Waals surface area contributed by atoms with E-state index in [0.717, 1.165) is 11.1 Å². The smallest absolute Gasteiger partial charge is 0.277 e. The summed E-state index contributed by atoms with van der Waals surface area (Å²) >= 11 is 1.36. The predicted molar refractivity (Wildman–Crippen MR) is 81.8 cm³/mol. The van der Waals surface area contributed by atoms with Crippen LogP contribution in [-0.4, -0.2) is 17.0 Å². The fourth-order valence-electron chi connectivity index (χ4n) is 2.19. The molecular formula is C16H11FN2O3S. The molecule has 23 heavy (non-hydrogen) atoms. The highest BCUT2D eigenvalue weighted by atomic mass is 32.2. The van der Waals surface area contributed by atoms with Crippen LogP contribution in [0.1, 0.15) is 5.56 Å². The van der Waals surface area contributed by atoms with Crippen LogP contribution in [0.25, 0.3) is 11.5 Å². The standard InChI is InChI=1S/C16H11FN2O3S/c17-12-3-1-2-10(6-12)8-23-16-19-18-15(22-16)11-4-5-13-14(7-11)21-9-20-13/h1-7H,8-9H2. The van der Waals surface area contributed by atoms with Crippen LogP contribution in [0.15, 0.2) is 52.1 Å². The topological polar surface area (TPSA) is 57.4 Å². The molecule has 0 radical (unpaired) electrons. The predicted octanol–water partition coefficient (Wildman–Crippen LogP) is 3.90. The fraction of sp³-hybridized carbons (Fsp3) is 0.125. The number of hydrogen-bond acceptors (Lipinski definition) is 6. The summed E-state index contributed by atoms with van der Waals surface area (Å²) in [6, 6.07) is 11.9. The van der Waals surface area contributed by atoms with Crippen LogP contribution in [0.5, 0.6) is 11.5 Å². The molecule has 5 nitrogen and oxygen atoms in total. The van der Waals surface area contributed by atoms with Gasteiger partial charge in [-0.05, 0) is 35.9 Å². The van der Waals surface area contributed by atoms with Gasteiger partial charge < -0.3 is 13.9 Å². The van der Waals surface area contributed by atoms with Gasteiger partial charge in [-0.2, -0.15) is 0 Å². The minimum atomic E-state index is -0.255. The third-order valence-corrected chi connectivity index (χ3v) is 4.17. The second kappa shape index (κ2) is 5.92. The van der Waals surface area contributed by atoms with Crippen LogP contribution in [0.4, 0.5) is 4.39 Å². The molecule has 0 atom stereocenters. The average molecular weight is 330 g/mol. The molecule has 1 aromatic heterocycles. The molecule has 0 saturated heterocycles. The van der Waals surface area contributed by atoms with E-state index in [4.69, 9.17) is 13.9 Å². The zero-order chi connectivity index (χ0) is 15.6. The first-order valence-electron chi connectivity index (χ1n) is 6.89. The number of halogens is 1. The Morgan fingerprint density at radius 2 is 1.96 bits per heavy atom. The molecule has 2 aromatic carbocycles. The lowest BCUT2D eigenvalue weighted by molar-refractivity contribution is 0.174. The van der Waals surface area contributed by atoms with Crippen molar-refractivity contribution in [2.75, 3.05) is 6.79 Å². The SMILES string of the molecule is Fc1cccc(CSc2nnc(-c3ccc4c(c3)OCO4)o2)c1. The third-order valence-electron chi connectivity index (χ3n) is 3.28. The Labute approximate surface area is 135 Å². The highest BCUT2D eigenvalue weighted by Gasteiger charge is 2.16. The Morgan fingerprint density at radius 1 is 1.04 bits per heavy atom. The molecule has 3 aromatic rings. The van der Waals surface area contributed by atoms with E-state index >= 15 is 0 Å². The van der Waals surface area contributed by atoms with Crippen molar-refractivity contribution in [2.45, 2.75) is 11.0 Å². The van der Waals surface area contributed by atoms with Crippen molar-refractivity contribution < 1.29 is 18.3 Å². The summed E-state index contributed by atoms with van der Waals surface area (Å²) in [6.07, 6.45) is 0. The Balaban J connectivity index is 1.48. The number of hydrogen-bond donors (Lipinski definition) is 0. The maximum absolute atomic E-state index is 13.1. The normalized spacial score (nSPS) is 12.6. The molecule has 7 heteroatoms.